The van der Waals surface area contributed by atoms with Crippen LogP contribution in [0, 0.1) is 0 Å². The maximum absolute atomic E-state index is 13.2. The van der Waals surface area contributed by atoms with Crippen molar-refractivity contribution in [3.8, 4) is 17.2 Å². The maximum Gasteiger partial charge on any atom is 0.253 e. The molecule has 172 valence electrons. The Kier molecular flexibility index (Phi) is 6.00. The Morgan fingerprint density at radius 3 is 2.68 bits per heavy atom. The summed E-state index contributed by atoms with van der Waals surface area (Å²) in [5, 5.41) is 27.8. The van der Waals surface area contributed by atoms with E-state index in [0.29, 0.717) is 23.0 Å². The fourth-order valence-electron chi connectivity index (χ4n) is 3.62. The van der Waals surface area contributed by atoms with Gasteiger partial charge in [-0.05, 0) is 76.7 Å². The highest BCUT2D eigenvalue weighted by Gasteiger charge is 2.35. The Morgan fingerprint density at radius 1 is 1.18 bits per heavy atom. The van der Waals surface area contributed by atoms with E-state index in [1.807, 2.05) is 30.3 Å². The lowest BCUT2D eigenvalue weighted by Crippen LogP contribution is -2.28. The second-order valence-corrected chi connectivity index (χ2v) is 8.37. The molecule has 0 bridgehead atoms. The predicted molar refractivity (Wildman–Crippen MR) is 124 cm³/mol. The van der Waals surface area contributed by atoms with Crippen LogP contribution in [0.25, 0.3) is 5.69 Å². The van der Waals surface area contributed by atoms with Crippen LogP contribution in [0.15, 0.2) is 81.6 Å². The average Bonchev–Trinajstić information content (AvgIpc) is 3.63. The second kappa shape index (κ2) is 9.40. The Morgan fingerprint density at radius 2 is 1.97 bits per heavy atom. The Labute approximate surface area is 198 Å². The molecule has 1 aliphatic heterocycles. The first-order valence-electron chi connectivity index (χ1n) is 10.4. The summed E-state index contributed by atoms with van der Waals surface area (Å²) < 4.78 is 12.3. The van der Waals surface area contributed by atoms with Gasteiger partial charge in [-0.3, -0.25) is 4.79 Å². The number of hydrazone groups is 1. The second-order valence-electron chi connectivity index (χ2n) is 7.43. The van der Waals surface area contributed by atoms with E-state index in [4.69, 9.17) is 9.15 Å². The molecule has 4 aromatic rings. The van der Waals surface area contributed by atoms with Gasteiger partial charge in [-0.1, -0.05) is 11.8 Å². The van der Waals surface area contributed by atoms with Crippen molar-refractivity contribution in [2.24, 2.45) is 5.10 Å². The number of aromatic hydroxyl groups is 1. The van der Waals surface area contributed by atoms with Crippen LogP contribution < -0.4 is 4.74 Å². The zero-order chi connectivity index (χ0) is 23.5. The zero-order valence-corrected chi connectivity index (χ0v) is 18.9. The van der Waals surface area contributed by atoms with Gasteiger partial charge >= 0.3 is 0 Å². The number of tetrazole rings is 1. The molecule has 34 heavy (non-hydrogen) atoms. The number of hydrogen-bond acceptors (Lipinski definition) is 9. The van der Waals surface area contributed by atoms with Crippen molar-refractivity contribution in [1.82, 2.24) is 25.2 Å². The number of benzene rings is 2. The lowest BCUT2D eigenvalue weighted by atomic mass is 10.0. The van der Waals surface area contributed by atoms with Crippen molar-refractivity contribution >= 4 is 23.4 Å². The summed E-state index contributed by atoms with van der Waals surface area (Å²) in [5.41, 5.74) is 2.38. The maximum atomic E-state index is 13.2. The van der Waals surface area contributed by atoms with Gasteiger partial charge in [0.15, 0.2) is 0 Å². The van der Waals surface area contributed by atoms with Gasteiger partial charge in [0.2, 0.25) is 5.16 Å². The van der Waals surface area contributed by atoms with E-state index < -0.39 is 0 Å². The van der Waals surface area contributed by atoms with Crippen LogP contribution in [-0.4, -0.2) is 54.8 Å². The standard InChI is InChI=1S/C23H20N6O4S/c1-32-18-10-4-15(5-11-18)19-13-20(21-3-2-12-33-21)29(25-19)22(31)14-34-23-24-26-27-28(23)16-6-8-17(30)9-7-16/h2-12,20,30H,13-14H2,1H3. The van der Waals surface area contributed by atoms with Crippen LogP contribution in [0.1, 0.15) is 23.8 Å². The normalized spacial score (nSPS) is 15.4. The molecule has 2 aromatic carbocycles. The molecule has 0 saturated heterocycles. The monoisotopic (exact) mass is 476 g/mol. The number of hydrogen-bond donors (Lipinski definition) is 1. The number of aromatic nitrogens is 4. The molecule has 0 saturated carbocycles. The predicted octanol–water partition coefficient (Wildman–Crippen LogP) is 3.44. The largest absolute Gasteiger partial charge is 0.508 e. The number of rotatable bonds is 7. The van der Waals surface area contributed by atoms with Gasteiger partial charge in [-0.25, -0.2) is 5.01 Å². The smallest absolute Gasteiger partial charge is 0.253 e. The number of nitrogens with zero attached hydrogens (tertiary/aromatic N) is 6. The quantitative estimate of drug-likeness (QED) is 0.403. The molecule has 11 heteroatoms. The lowest BCUT2D eigenvalue weighted by Gasteiger charge is -2.19. The molecule has 1 N–H and O–H groups in total. The van der Waals surface area contributed by atoms with Crippen LogP contribution in [-0.2, 0) is 4.79 Å². The van der Waals surface area contributed by atoms with Crippen molar-refractivity contribution in [3.05, 3.63) is 78.3 Å². The van der Waals surface area contributed by atoms with Crippen LogP contribution in [0.2, 0.25) is 0 Å². The summed E-state index contributed by atoms with van der Waals surface area (Å²) >= 11 is 1.21. The van der Waals surface area contributed by atoms with Gasteiger partial charge in [0, 0.05) is 6.42 Å². The van der Waals surface area contributed by atoms with E-state index in [0.717, 1.165) is 17.0 Å². The molecule has 10 nitrogen and oxygen atoms in total. The topological polar surface area (TPSA) is 119 Å². The molecule has 0 radical (unpaired) electrons. The summed E-state index contributed by atoms with van der Waals surface area (Å²) in [5.74, 6) is 1.44. The average molecular weight is 477 g/mol. The van der Waals surface area contributed by atoms with Crippen LogP contribution >= 0.6 is 11.8 Å². The van der Waals surface area contributed by atoms with Crippen molar-refractivity contribution in [3.63, 3.8) is 0 Å². The number of ether oxygens (including phenoxy) is 1. The lowest BCUT2D eigenvalue weighted by molar-refractivity contribution is -0.130. The number of phenols is 1. The highest BCUT2D eigenvalue weighted by molar-refractivity contribution is 7.99. The molecule has 5 rings (SSSR count). The molecule has 1 aliphatic rings. The summed E-state index contributed by atoms with van der Waals surface area (Å²) in [4.78, 5) is 13.2. The first-order valence-corrected chi connectivity index (χ1v) is 11.4. The fourth-order valence-corrected chi connectivity index (χ4v) is 4.36. The van der Waals surface area contributed by atoms with E-state index in [2.05, 4.69) is 20.6 Å². The Bertz CT molecular complexity index is 1300. The van der Waals surface area contributed by atoms with Gasteiger partial charge < -0.3 is 14.3 Å². The van der Waals surface area contributed by atoms with E-state index in [1.165, 1.54) is 21.5 Å². The SMILES string of the molecule is COc1ccc(C2=NN(C(=O)CSc3nnnn3-c3ccc(O)cc3)C(c3ccco3)C2)cc1. The number of amides is 1. The van der Waals surface area contributed by atoms with Crippen LogP contribution in [0.3, 0.4) is 0 Å². The summed E-state index contributed by atoms with van der Waals surface area (Å²) in [6.45, 7) is 0. The molecule has 1 amide bonds. The molecule has 1 atom stereocenters. The third kappa shape index (κ3) is 4.37. The molecule has 0 fully saturated rings. The van der Waals surface area contributed by atoms with E-state index in [-0.39, 0.29) is 23.5 Å². The number of carbonyl (C=O) groups excluding carboxylic acids is 1. The van der Waals surface area contributed by atoms with E-state index in [9.17, 15) is 9.90 Å². The van der Waals surface area contributed by atoms with Crippen molar-refractivity contribution < 1.29 is 19.1 Å². The molecular weight excluding hydrogens is 456 g/mol. The minimum Gasteiger partial charge on any atom is -0.508 e. The first-order chi connectivity index (χ1) is 16.6. The van der Waals surface area contributed by atoms with Gasteiger partial charge in [0.05, 0.1) is 30.5 Å². The zero-order valence-electron chi connectivity index (χ0n) is 18.1. The summed E-state index contributed by atoms with van der Waals surface area (Å²) in [6.07, 6.45) is 2.12. The van der Waals surface area contributed by atoms with Gasteiger partial charge in [-0.15, -0.1) is 5.10 Å². The molecule has 2 aromatic heterocycles. The molecule has 1 unspecified atom stereocenters. The molecule has 0 aliphatic carbocycles. The third-order valence-electron chi connectivity index (χ3n) is 5.32. The first kappa shape index (κ1) is 21.7. The van der Waals surface area contributed by atoms with Crippen LogP contribution in [0.5, 0.6) is 11.5 Å². The summed E-state index contributed by atoms with van der Waals surface area (Å²) in [6, 6.07) is 17.3. The highest BCUT2D eigenvalue weighted by Crippen LogP contribution is 2.34. The third-order valence-corrected chi connectivity index (χ3v) is 6.22. The van der Waals surface area contributed by atoms with Gasteiger partial charge in [0.1, 0.15) is 23.3 Å². The molecule has 0 spiro atoms. The number of methoxy groups -OCH3 is 1. The van der Waals surface area contributed by atoms with E-state index >= 15 is 0 Å². The van der Waals surface area contributed by atoms with Crippen molar-refractivity contribution in [2.75, 3.05) is 12.9 Å². The number of thioether (sulfide) groups is 1. The van der Waals surface area contributed by atoms with Gasteiger partial charge in [-0.2, -0.15) is 9.78 Å². The molecule has 3 heterocycles. The molecular formula is C23H20N6O4S. The van der Waals surface area contributed by atoms with Crippen molar-refractivity contribution in [2.45, 2.75) is 17.6 Å². The number of phenolic OH excluding ortho intramolecular Hbond substituents is 1. The van der Waals surface area contributed by atoms with Crippen LogP contribution in [0.4, 0.5) is 0 Å². The minimum absolute atomic E-state index is 0.0784. The minimum atomic E-state index is -0.340. The van der Waals surface area contributed by atoms with Crippen molar-refractivity contribution in [1.29, 1.82) is 0 Å². The fraction of sp³-hybridized carbons (Fsp3) is 0.174. The van der Waals surface area contributed by atoms with Gasteiger partial charge in [0.25, 0.3) is 5.91 Å². The Balaban J connectivity index is 1.35. The number of furan rings is 1. The number of carbonyl (C=O) groups is 1. The van der Waals surface area contributed by atoms with E-state index in [1.54, 1.807) is 43.7 Å². The summed E-state index contributed by atoms with van der Waals surface area (Å²) in [7, 11) is 1.62. The highest BCUT2D eigenvalue weighted by atomic mass is 32.2. The Hall–Kier alpha value is -4.12.